The summed E-state index contributed by atoms with van der Waals surface area (Å²) in [4.78, 5) is 13.0. The summed E-state index contributed by atoms with van der Waals surface area (Å²) in [5.74, 6) is -0.667. The largest absolute Gasteiger partial charge is 0.593 e. The van der Waals surface area contributed by atoms with E-state index in [1.54, 1.807) is 24.3 Å². The molecule has 6 heteroatoms. The lowest BCUT2D eigenvalue weighted by Crippen LogP contribution is -2.35. The topological polar surface area (TPSA) is 55.4 Å². The van der Waals surface area contributed by atoms with Gasteiger partial charge in [0.1, 0.15) is 5.82 Å². The van der Waals surface area contributed by atoms with Crippen molar-refractivity contribution in [1.82, 2.24) is 4.31 Å². The molecule has 0 spiro atoms. The molecule has 25 heavy (non-hydrogen) atoms. The first-order chi connectivity index (χ1) is 12.0. The maximum absolute atomic E-state index is 12.9. The summed E-state index contributed by atoms with van der Waals surface area (Å²) in [5.41, 5.74) is 0.941. The molecule has 1 N–H and O–H groups in total. The molecule has 1 aliphatic carbocycles. The number of hydrogen-bond donors (Lipinski definition) is 1. The third-order valence-electron chi connectivity index (χ3n) is 4.50. The average Bonchev–Trinajstić information content (AvgIpc) is 3.17. The lowest BCUT2D eigenvalue weighted by atomic mass is 10.2. The van der Waals surface area contributed by atoms with Crippen molar-refractivity contribution < 1.29 is 13.7 Å². The van der Waals surface area contributed by atoms with Crippen molar-refractivity contribution in [3.8, 4) is 0 Å². The predicted octanol–water partition coefficient (Wildman–Crippen LogP) is 3.98. The van der Waals surface area contributed by atoms with Gasteiger partial charge in [0.25, 0.3) is 5.91 Å². The summed E-state index contributed by atoms with van der Waals surface area (Å²) >= 11 is -1.29. The van der Waals surface area contributed by atoms with Crippen LogP contribution in [0, 0.1) is 5.82 Å². The lowest BCUT2D eigenvalue weighted by Gasteiger charge is -2.25. The maximum atomic E-state index is 12.9. The molecule has 3 rings (SSSR count). The molecule has 0 heterocycles. The maximum Gasteiger partial charge on any atom is 0.255 e. The number of carbonyl (C=O) groups is 1. The Kier molecular flexibility index (Phi) is 5.73. The zero-order valence-corrected chi connectivity index (χ0v) is 14.9. The van der Waals surface area contributed by atoms with Crippen molar-refractivity contribution in [3.63, 3.8) is 0 Å². The van der Waals surface area contributed by atoms with Crippen molar-refractivity contribution in [2.75, 3.05) is 12.4 Å². The van der Waals surface area contributed by atoms with E-state index in [0.29, 0.717) is 22.2 Å². The molecule has 132 valence electrons. The Morgan fingerprint density at radius 1 is 1.20 bits per heavy atom. The van der Waals surface area contributed by atoms with Crippen LogP contribution >= 0.6 is 0 Å². The van der Waals surface area contributed by atoms with Crippen LogP contribution in [0.2, 0.25) is 0 Å². The molecule has 2 aromatic rings. The van der Waals surface area contributed by atoms with E-state index in [9.17, 15) is 13.7 Å². The second-order valence-corrected chi connectivity index (χ2v) is 7.77. The standard InChI is InChI=1S/C19H21FN2O2S/c1-22(17-6-2-3-7-17)25(24)18-8-4-5-14(13-18)19(23)21-16-11-9-15(20)10-12-16/h4-5,8-13,17H,2-3,6-7H2,1H3,(H,21,23). The second kappa shape index (κ2) is 7.99. The Balaban J connectivity index is 1.71. The zero-order valence-electron chi connectivity index (χ0n) is 14.1. The van der Waals surface area contributed by atoms with Gasteiger partial charge in [-0.05, 0) is 49.2 Å². The fourth-order valence-corrected chi connectivity index (χ4v) is 4.29. The minimum absolute atomic E-state index is 0.311. The monoisotopic (exact) mass is 360 g/mol. The van der Waals surface area contributed by atoms with E-state index >= 15 is 0 Å². The van der Waals surface area contributed by atoms with Gasteiger partial charge < -0.3 is 9.87 Å². The first-order valence-electron chi connectivity index (χ1n) is 8.36. The summed E-state index contributed by atoms with van der Waals surface area (Å²) < 4.78 is 27.6. The Morgan fingerprint density at radius 2 is 1.88 bits per heavy atom. The first-order valence-corrected chi connectivity index (χ1v) is 9.47. The lowest BCUT2D eigenvalue weighted by molar-refractivity contribution is 0.102. The summed E-state index contributed by atoms with van der Waals surface area (Å²) in [6, 6.07) is 12.8. The minimum Gasteiger partial charge on any atom is -0.593 e. The van der Waals surface area contributed by atoms with Gasteiger partial charge in [0.15, 0.2) is 4.90 Å². The van der Waals surface area contributed by atoms with E-state index in [1.807, 2.05) is 11.4 Å². The summed E-state index contributed by atoms with van der Waals surface area (Å²) in [5, 5.41) is 2.72. The molecule has 1 fully saturated rings. The quantitative estimate of drug-likeness (QED) is 0.821. The number of benzene rings is 2. The van der Waals surface area contributed by atoms with Gasteiger partial charge in [-0.3, -0.25) is 4.79 Å². The van der Waals surface area contributed by atoms with Crippen LogP contribution < -0.4 is 5.32 Å². The van der Waals surface area contributed by atoms with E-state index in [0.717, 1.165) is 12.8 Å². The molecular weight excluding hydrogens is 339 g/mol. The van der Waals surface area contributed by atoms with Gasteiger partial charge in [0.05, 0.1) is 17.4 Å². The number of amides is 1. The van der Waals surface area contributed by atoms with Crippen molar-refractivity contribution in [2.24, 2.45) is 0 Å². The molecule has 1 aliphatic rings. The summed E-state index contributed by atoms with van der Waals surface area (Å²) in [7, 11) is 1.87. The predicted molar refractivity (Wildman–Crippen MR) is 97.2 cm³/mol. The number of hydrogen-bond acceptors (Lipinski definition) is 3. The molecule has 0 bridgehead atoms. The van der Waals surface area contributed by atoms with E-state index in [-0.39, 0.29) is 11.7 Å². The molecule has 1 atom stereocenters. The number of nitrogens with zero attached hydrogens (tertiary/aromatic N) is 1. The molecule has 0 aromatic heterocycles. The van der Waals surface area contributed by atoms with Gasteiger partial charge in [-0.2, -0.15) is 0 Å². The van der Waals surface area contributed by atoms with Crippen molar-refractivity contribution in [2.45, 2.75) is 36.6 Å². The fraction of sp³-hybridized carbons (Fsp3) is 0.316. The number of carbonyl (C=O) groups excluding carboxylic acids is 1. The van der Waals surface area contributed by atoms with Crippen LogP contribution in [-0.2, 0) is 11.4 Å². The molecule has 0 radical (unpaired) electrons. The van der Waals surface area contributed by atoms with Gasteiger partial charge in [-0.25, -0.2) is 4.39 Å². The number of rotatable bonds is 5. The Hall–Kier alpha value is -1.89. The molecule has 1 saturated carbocycles. The van der Waals surface area contributed by atoms with Gasteiger partial charge in [-0.15, -0.1) is 4.31 Å². The van der Waals surface area contributed by atoms with Crippen LogP contribution in [0.15, 0.2) is 53.4 Å². The molecule has 1 amide bonds. The van der Waals surface area contributed by atoms with Gasteiger partial charge in [0.2, 0.25) is 0 Å². The van der Waals surface area contributed by atoms with Gasteiger partial charge >= 0.3 is 0 Å². The first kappa shape index (κ1) is 17.9. The zero-order chi connectivity index (χ0) is 17.8. The number of anilines is 1. The smallest absolute Gasteiger partial charge is 0.255 e. The van der Waals surface area contributed by atoms with E-state index < -0.39 is 11.4 Å². The summed E-state index contributed by atoms with van der Waals surface area (Å²) in [6.07, 6.45) is 4.47. The average molecular weight is 360 g/mol. The number of nitrogens with one attached hydrogen (secondary N) is 1. The van der Waals surface area contributed by atoms with Crippen molar-refractivity contribution >= 4 is 23.0 Å². The highest BCUT2D eigenvalue weighted by atomic mass is 32.2. The van der Waals surface area contributed by atoms with Crippen LogP contribution in [-0.4, -0.2) is 27.9 Å². The number of halogens is 1. The Bertz CT molecular complexity index is 732. The van der Waals surface area contributed by atoms with Crippen LogP contribution in [0.1, 0.15) is 36.0 Å². The van der Waals surface area contributed by atoms with Crippen LogP contribution in [0.4, 0.5) is 10.1 Å². The Labute approximate surface area is 150 Å². The van der Waals surface area contributed by atoms with E-state index in [1.165, 1.54) is 37.1 Å². The van der Waals surface area contributed by atoms with E-state index in [2.05, 4.69) is 5.32 Å². The molecule has 4 nitrogen and oxygen atoms in total. The minimum atomic E-state index is -1.29. The summed E-state index contributed by atoms with van der Waals surface area (Å²) in [6.45, 7) is 0. The third kappa shape index (κ3) is 4.39. The molecule has 1 unspecified atom stereocenters. The third-order valence-corrected chi connectivity index (χ3v) is 5.98. The molecule has 2 aromatic carbocycles. The second-order valence-electron chi connectivity index (χ2n) is 6.22. The molecule has 0 aliphatic heterocycles. The van der Waals surface area contributed by atoms with Crippen LogP contribution in [0.5, 0.6) is 0 Å². The van der Waals surface area contributed by atoms with Crippen LogP contribution in [0.3, 0.4) is 0 Å². The molecular formula is C19H21FN2O2S. The molecule has 0 saturated heterocycles. The SMILES string of the molecule is CN(C1CCCC1)[S+]([O-])c1cccc(C(=O)Nc2ccc(F)cc2)c1. The van der Waals surface area contributed by atoms with Gasteiger partial charge in [-0.1, -0.05) is 18.9 Å². The highest BCUT2D eigenvalue weighted by Gasteiger charge is 2.29. The van der Waals surface area contributed by atoms with E-state index in [4.69, 9.17) is 0 Å². The fourth-order valence-electron chi connectivity index (χ4n) is 3.05. The Morgan fingerprint density at radius 3 is 2.56 bits per heavy atom. The normalized spacial score (nSPS) is 16.2. The van der Waals surface area contributed by atoms with Crippen LogP contribution in [0.25, 0.3) is 0 Å². The highest BCUT2D eigenvalue weighted by Crippen LogP contribution is 2.27. The van der Waals surface area contributed by atoms with Crippen molar-refractivity contribution in [3.05, 3.63) is 59.9 Å². The van der Waals surface area contributed by atoms with Crippen molar-refractivity contribution in [1.29, 1.82) is 0 Å². The highest BCUT2D eigenvalue weighted by molar-refractivity contribution is 7.89. The van der Waals surface area contributed by atoms with Gasteiger partial charge in [0, 0.05) is 24.4 Å².